The van der Waals surface area contributed by atoms with Gasteiger partial charge in [0.15, 0.2) is 0 Å². The minimum absolute atomic E-state index is 0.00578. The molecule has 0 spiro atoms. The number of carbonyl (C=O) groups is 7. The number of carboxylic acid groups (broad SMARTS) is 3. The number of hydrogen-bond acceptors (Lipinski definition) is 19. The Morgan fingerprint density at radius 2 is 0.882 bits per heavy atom. The Bertz CT molecular complexity index is 1390. The predicted octanol–water partition coefficient (Wildman–Crippen LogP) is -4.54. The van der Waals surface area contributed by atoms with Crippen LogP contribution in [0.2, 0.25) is 0 Å². The molecular weight excluding hydrogens is 904 g/mol. The monoisotopic (exact) mass is 983 g/mol. The van der Waals surface area contributed by atoms with Gasteiger partial charge in [0.25, 0.3) is 0 Å². The Kier molecular flexibility index (Phi) is 37.0. The minimum atomic E-state index is -1.03. The van der Waals surface area contributed by atoms with Crippen LogP contribution in [-0.2, 0) is 62.0 Å². The van der Waals surface area contributed by atoms with Crippen molar-refractivity contribution in [2.75, 3.05) is 178 Å². The Labute approximate surface area is 398 Å². The molecule has 4 amide bonds. The number of aliphatic hydroxyl groups excluding tert-OH is 2. The first-order chi connectivity index (χ1) is 32.7. The average Bonchev–Trinajstić information content (AvgIpc) is 3.27. The van der Waals surface area contributed by atoms with Gasteiger partial charge in [0.05, 0.1) is 112 Å². The lowest BCUT2D eigenvalue weighted by molar-refractivity contribution is -0.140. The maximum Gasteiger partial charge on any atom is 0.317 e. The Balaban J connectivity index is 2.09. The highest BCUT2D eigenvalue weighted by molar-refractivity contribution is 5.87. The van der Waals surface area contributed by atoms with Crippen molar-refractivity contribution in [1.29, 1.82) is 0 Å². The topological polar surface area (TPSA) is 351 Å². The molecule has 68 heavy (non-hydrogen) atoms. The van der Waals surface area contributed by atoms with Crippen molar-refractivity contribution >= 4 is 41.5 Å². The molecule has 1 fully saturated rings. The summed E-state index contributed by atoms with van der Waals surface area (Å²) >= 11 is 0. The molecule has 0 aliphatic carbocycles. The number of hydrogen-bond donors (Lipinski definition) is 9. The number of rotatable bonds is 40. The summed E-state index contributed by atoms with van der Waals surface area (Å²) in [5.74, 6) is -4.97. The first kappa shape index (κ1) is 61.8. The predicted molar refractivity (Wildman–Crippen MR) is 242 cm³/mol. The zero-order valence-corrected chi connectivity index (χ0v) is 39.4. The standard InChI is InChI=1S/C42H78N8O18/c43-42(62)35(4-5-36(53)45-29-34(52)3-1-2-16-51)46-37(54)6-17-63-19-21-65-23-25-67-27-28-68-26-24-66-22-20-64-18-7-44-38(55)30-47-8-10-48(31-39(56)57)12-14-50(33-41(60)61)15-13-49(11-9-47)32-40(58)59/h34-35,51-52H,1-33H2,(H2,43,62)(H,44,55)(H,45,53)(H,46,54)(H,56,57)(H,58,59)(H,60,61)/t34-,35-/m1/s1. The molecule has 1 rings (SSSR count). The number of ether oxygens (including phenoxy) is 6. The highest BCUT2D eigenvalue weighted by atomic mass is 16.6. The molecule has 0 radical (unpaired) electrons. The first-order valence-corrected chi connectivity index (χ1v) is 23.1. The van der Waals surface area contributed by atoms with E-state index in [-0.39, 0.29) is 130 Å². The number of nitrogens with two attached hydrogens (primary N) is 1. The lowest BCUT2D eigenvalue weighted by Crippen LogP contribution is -2.50. The average molecular weight is 983 g/mol. The molecular formula is C42H78N8O18. The number of nitrogens with zero attached hydrogens (tertiary/aromatic N) is 4. The molecule has 0 aromatic heterocycles. The zero-order valence-electron chi connectivity index (χ0n) is 39.4. The minimum Gasteiger partial charge on any atom is -0.480 e. The number of aliphatic hydroxyl groups is 2. The van der Waals surface area contributed by atoms with Crippen LogP contribution in [0.4, 0.5) is 0 Å². The van der Waals surface area contributed by atoms with Crippen LogP contribution >= 0.6 is 0 Å². The van der Waals surface area contributed by atoms with Gasteiger partial charge < -0.3 is 75.6 Å². The van der Waals surface area contributed by atoms with Gasteiger partial charge in [0, 0.05) is 84.9 Å². The van der Waals surface area contributed by atoms with Gasteiger partial charge >= 0.3 is 17.9 Å². The third-order valence-corrected chi connectivity index (χ3v) is 10.1. The van der Waals surface area contributed by atoms with Crippen molar-refractivity contribution in [2.24, 2.45) is 5.73 Å². The zero-order chi connectivity index (χ0) is 50.2. The number of aliphatic carboxylic acids is 3. The maximum atomic E-state index is 12.8. The lowest BCUT2D eigenvalue weighted by Gasteiger charge is -2.32. The van der Waals surface area contributed by atoms with Crippen LogP contribution in [0.1, 0.15) is 38.5 Å². The van der Waals surface area contributed by atoms with Crippen molar-refractivity contribution in [2.45, 2.75) is 50.7 Å². The van der Waals surface area contributed by atoms with Gasteiger partial charge in [-0.1, -0.05) is 0 Å². The molecule has 0 saturated carbocycles. The van der Waals surface area contributed by atoms with Crippen molar-refractivity contribution in [3.05, 3.63) is 0 Å². The molecule has 1 aliphatic rings. The molecule has 10 N–H and O–H groups in total. The van der Waals surface area contributed by atoms with Crippen LogP contribution in [0.15, 0.2) is 0 Å². The molecule has 26 heteroatoms. The Morgan fingerprint density at radius 1 is 0.485 bits per heavy atom. The summed E-state index contributed by atoms with van der Waals surface area (Å²) in [5, 5.41) is 54.6. The SMILES string of the molecule is NC(=O)[C@@H](CCC(=O)NC[C@H](O)CCCCO)NC(=O)CCOCCOCCOCCOCCOCCOCCNC(=O)CN1CCN(CC(=O)O)CCN(CC(=O)O)CCN(CC(=O)O)CC1. The number of nitrogens with one attached hydrogen (secondary N) is 3. The summed E-state index contributed by atoms with van der Waals surface area (Å²) in [6, 6.07) is -1.03. The summed E-state index contributed by atoms with van der Waals surface area (Å²) in [5.41, 5.74) is 5.37. The number of unbranched alkanes of at least 4 members (excludes halogenated alkanes) is 1. The van der Waals surface area contributed by atoms with E-state index in [0.29, 0.717) is 98.3 Å². The third-order valence-electron chi connectivity index (χ3n) is 10.1. The van der Waals surface area contributed by atoms with E-state index in [1.165, 1.54) is 0 Å². The molecule has 2 atom stereocenters. The largest absolute Gasteiger partial charge is 0.480 e. The fourth-order valence-corrected chi connectivity index (χ4v) is 6.41. The van der Waals surface area contributed by atoms with Crippen LogP contribution in [0.25, 0.3) is 0 Å². The third kappa shape index (κ3) is 36.8. The quantitative estimate of drug-likeness (QED) is 0.0261. The maximum absolute atomic E-state index is 12.8. The van der Waals surface area contributed by atoms with E-state index >= 15 is 0 Å². The smallest absolute Gasteiger partial charge is 0.317 e. The van der Waals surface area contributed by atoms with Crippen molar-refractivity contribution in [1.82, 2.24) is 35.6 Å². The molecule has 394 valence electrons. The van der Waals surface area contributed by atoms with E-state index in [2.05, 4.69) is 16.0 Å². The second-order valence-electron chi connectivity index (χ2n) is 15.8. The Morgan fingerprint density at radius 3 is 1.28 bits per heavy atom. The normalized spacial score (nSPS) is 15.7. The van der Waals surface area contributed by atoms with Crippen LogP contribution in [0, 0.1) is 0 Å². The van der Waals surface area contributed by atoms with Gasteiger partial charge in [-0.25, -0.2) is 0 Å². The summed E-state index contributed by atoms with van der Waals surface area (Å²) in [6.45, 7) is 5.62. The number of amides is 4. The second kappa shape index (κ2) is 40.7. The van der Waals surface area contributed by atoms with E-state index in [0.717, 1.165) is 0 Å². The van der Waals surface area contributed by atoms with Crippen LogP contribution in [-0.4, -0.2) is 276 Å². The van der Waals surface area contributed by atoms with Crippen molar-refractivity contribution in [3.8, 4) is 0 Å². The fourth-order valence-electron chi connectivity index (χ4n) is 6.41. The number of primary amides is 1. The lowest BCUT2D eigenvalue weighted by atomic mass is 10.1. The van der Waals surface area contributed by atoms with Gasteiger partial charge in [-0.2, -0.15) is 0 Å². The van der Waals surface area contributed by atoms with E-state index in [9.17, 15) is 54.0 Å². The van der Waals surface area contributed by atoms with E-state index in [4.69, 9.17) is 39.3 Å². The number of carbonyl (C=O) groups excluding carboxylic acids is 4. The first-order valence-electron chi connectivity index (χ1n) is 23.1. The molecule has 1 saturated heterocycles. The summed E-state index contributed by atoms with van der Waals surface area (Å²) in [7, 11) is 0. The van der Waals surface area contributed by atoms with Crippen LogP contribution in [0.3, 0.4) is 0 Å². The highest BCUT2D eigenvalue weighted by Crippen LogP contribution is 2.04. The van der Waals surface area contributed by atoms with Crippen LogP contribution in [0.5, 0.6) is 0 Å². The van der Waals surface area contributed by atoms with Gasteiger partial charge in [-0.05, 0) is 25.7 Å². The van der Waals surface area contributed by atoms with Crippen LogP contribution < -0.4 is 21.7 Å². The van der Waals surface area contributed by atoms with E-state index < -0.39 is 41.9 Å². The second-order valence-corrected chi connectivity index (χ2v) is 15.8. The number of carboxylic acids is 3. The highest BCUT2D eigenvalue weighted by Gasteiger charge is 2.22. The van der Waals surface area contributed by atoms with Gasteiger partial charge in [0.1, 0.15) is 6.04 Å². The van der Waals surface area contributed by atoms with Crippen molar-refractivity contribution in [3.63, 3.8) is 0 Å². The van der Waals surface area contributed by atoms with E-state index in [1.54, 1.807) is 14.7 Å². The Hall–Kier alpha value is -4.19. The van der Waals surface area contributed by atoms with Crippen molar-refractivity contribution < 1.29 is 87.5 Å². The molecule has 0 bridgehead atoms. The summed E-state index contributed by atoms with van der Waals surface area (Å²) < 4.78 is 32.8. The van der Waals surface area contributed by atoms with E-state index in [1.807, 2.05) is 4.90 Å². The molecule has 1 aliphatic heterocycles. The van der Waals surface area contributed by atoms with Gasteiger partial charge in [-0.3, -0.25) is 53.2 Å². The van der Waals surface area contributed by atoms with Gasteiger partial charge in [-0.15, -0.1) is 0 Å². The molecule has 0 unspecified atom stereocenters. The summed E-state index contributed by atoms with van der Waals surface area (Å²) in [4.78, 5) is 90.1. The molecule has 1 heterocycles. The molecule has 0 aromatic rings. The molecule has 0 aromatic carbocycles. The van der Waals surface area contributed by atoms with Gasteiger partial charge in [0.2, 0.25) is 23.6 Å². The molecule has 26 nitrogen and oxygen atoms in total. The summed E-state index contributed by atoms with van der Waals surface area (Å²) in [6.07, 6.45) is 0.807. The fraction of sp³-hybridized carbons (Fsp3) is 0.833.